The highest BCUT2D eigenvalue weighted by atomic mass is 16.5. The van der Waals surface area contributed by atoms with Crippen LogP contribution in [0.3, 0.4) is 0 Å². The van der Waals surface area contributed by atoms with Crippen molar-refractivity contribution < 1.29 is 4.74 Å². The summed E-state index contributed by atoms with van der Waals surface area (Å²) in [7, 11) is 0. The van der Waals surface area contributed by atoms with Crippen LogP contribution in [-0.2, 0) is 4.74 Å². The van der Waals surface area contributed by atoms with E-state index < -0.39 is 0 Å². The minimum atomic E-state index is 0.0664. The van der Waals surface area contributed by atoms with Crippen molar-refractivity contribution in [3.8, 4) is 0 Å². The Morgan fingerprint density at radius 2 is 2.42 bits per heavy atom. The molecule has 0 bridgehead atoms. The van der Waals surface area contributed by atoms with Gasteiger partial charge in [-0.25, -0.2) is 10.8 Å². The van der Waals surface area contributed by atoms with Gasteiger partial charge in [0.2, 0.25) is 5.96 Å². The smallest absolute Gasteiger partial charge is 0.206 e. The summed E-state index contributed by atoms with van der Waals surface area (Å²) in [4.78, 5) is 11.7. The Morgan fingerprint density at radius 3 is 3.00 bits per heavy atom. The lowest BCUT2D eigenvalue weighted by molar-refractivity contribution is 0.146. The first-order chi connectivity index (χ1) is 9.31. The van der Waals surface area contributed by atoms with Crippen LogP contribution in [0, 0.1) is 0 Å². The Morgan fingerprint density at radius 1 is 1.58 bits per heavy atom. The number of nitrogens with two attached hydrogens (primary N) is 1. The highest BCUT2D eigenvalue weighted by Gasteiger charge is 2.12. The summed E-state index contributed by atoms with van der Waals surface area (Å²) < 4.78 is 5.25. The molecule has 1 aromatic rings. The maximum absolute atomic E-state index is 5.46. The number of hydrogen-bond donors (Lipinski definition) is 4. The van der Waals surface area contributed by atoms with Gasteiger partial charge in [0.15, 0.2) is 0 Å². The lowest BCUT2D eigenvalue weighted by atomic mass is 10.2. The summed E-state index contributed by atoms with van der Waals surface area (Å²) in [6, 6.07) is 0.0664. The van der Waals surface area contributed by atoms with Gasteiger partial charge < -0.3 is 15.0 Å². The fraction of sp³-hybridized carbons (Fsp3) is 0.667. The van der Waals surface area contributed by atoms with Gasteiger partial charge in [-0.15, -0.1) is 0 Å². The van der Waals surface area contributed by atoms with Gasteiger partial charge in [0.05, 0.1) is 6.04 Å². The molecule has 0 fully saturated rings. The quantitative estimate of drug-likeness (QED) is 0.183. The van der Waals surface area contributed by atoms with Crippen LogP contribution in [0.2, 0.25) is 0 Å². The van der Waals surface area contributed by atoms with Crippen molar-refractivity contribution in [2.75, 3.05) is 19.8 Å². The van der Waals surface area contributed by atoms with E-state index in [0.29, 0.717) is 19.1 Å². The van der Waals surface area contributed by atoms with Crippen LogP contribution in [0.1, 0.15) is 38.6 Å². The minimum Gasteiger partial charge on any atom is -0.382 e. The molecule has 1 rings (SSSR count). The summed E-state index contributed by atoms with van der Waals surface area (Å²) >= 11 is 0. The molecule has 0 radical (unpaired) electrons. The molecule has 19 heavy (non-hydrogen) atoms. The summed E-state index contributed by atoms with van der Waals surface area (Å²) in [6.07, 6.45) is 5.29. The maximum Gasteiger partial charge on any atom is 0.206 e. The van der Waals surface area contributed by atoms with Gasteiger partial charge in [0.1, 0.15) is 5.82 Å². The molecular formula is C12H24N6O. The summed E-state index contributed by atoms with van der Waals surface area (Å²) in [5.41, 5.74) is 2.58. The second kappa shape index (κ2) is 9.35. The number of nitrogens with zero attached hydrogens (tertiary/aromatic N) is 2. The number of rotatable bonds is 8. The van der Waals surface area contributed by atoms with Crippen LogP contribution in [0.5, 0.6) is 0 Å². The summed E-state index contributed by atoms with van der Waals surface area (Å²) in [5, 5.41) is 3.23. The molecule has 5 N–H and O–H groups in total. The van der Waals surface area contributed by atoms with Crippen LogP contribution >= 0.6 is 0 Å². The largest absolute Gasteiger partial charge is 0.382 e. The second-order valence-electron chi connectivity index (χ2n) is 4.00. The van der Waals surface area contributed by atoms with Crippen molar-refractivity contribution in [3.63, 3.8) is 0 Å². The number of imidazole rings is 1. The van der Waals surface area contributed by atoms with Gasteiger partial charge in [0, 0.05) is 32.2 Å². The van der Waals surface area contributed by atoms with Crippen molar-refractivity contribution in [2.24, 2.45) is 10.8 Å². The predicted molar refractivity (Wildman–Crippen MR) is 75.5 cm³/mol. The molecule has 7 nitrogen and oxygen atoms in total. The standard InChI is InChI=1S/C12H24N6O/c1-3-10(11-14-7-8-15-11)17-12(18-13)16-6-5-9-19-4-2/h7-8,10H,3-6,9,13H2,1-2H3,(H,14,15)(H2,16,17,18). The number of guanidine groups is 1. The highest BCUT2D eigenvalue weighted by Crippen LogP contribution is 2.10. The molecule has 1 atom stereocenters. The number of H-pyrrole nitrogens is 1. The zero-order valence-electron chi connectivity index (χ0n) is 11.6. The van der Waals surface area contributed by atoms with E-state index in [1.165, 1.54) is 0 Å². The van der Waals surface area contributed by atoms with Crippen molar-refractivity contribution >= 4 is 5.96 Å². The number of aromatic nitrogens is 2. The zero-order chi connectivity index (χ0) is 13.9. The normalized spacial score (nSPS) is 13.3. The molecule has 0 aromatic carbocycles. The first-order valence-electron chi connectivity index (χ1n) is 6.66. The summed E-state index contributed by atoms with van der Waals surface area (Å²) in [5.74, 6) is 6.91. The van der Waals surface area contributed by atoms with E-state index in [2.05, 4.69) is 32.6 Å². The number of nitrogens with one attached hydrogen (secondary N) is 3. The monoisotopic (exact) mass is 268 g/mol. The van der Waals surface area contributed by atoms with E-state index in [4.69, 9.17) is 10.6 Å². The molecule has 1 unspecified atom stereocenters. The predicted octanol–water partition coefficient (Wildman–Crippen LogP) is 0.696. The second-order valence-corrected chi connectivity index (χ2v) is 4.00. The van der Waals surface area contributed by atoms with Gasteiger partial charge in [-0.3, -0.25) is 10.4 Å². The average molecular weight is 268 g/mol. The lowest BCUT2D eigenvalue weighted by Gasteiger charge is -2.17. The number of hydrazine groups is 1. The molecule has 0 aliphatic rings. The Labute approximate surface area is 114 Å². The molecule has 0 saturated heterocycles. The van der Waals surface area contributed by atoms with Crippen LogP contribution in [0.25, 0.3) is 0 Å². The van der Waals surface area contributed by atoms with Crippen molar-refractivity contribution in [1.29, 1.82) is 0 Å². The molecule has 7 heteroatoms. The molecule has 0 spiro atoms. The highest BCUT2D eigenvalue weighted by molar-refractivity contribution is 5.79. The third-order valence-corrected chi connectivity index (χ3v) is 2.63. The van der Waals surface area contributed by atoms with Crippen LogP contribution in [0.15, 0.2) is 17.4 Å². The molecular weight excluding hydrogens is 244 g/mol. The fourth-order valence-electron chi connectivity index (χ4n) is 1.63. The molecule has 0 amide bonds. The zero-order valence-corrected chi connectivity index (χ0v) is 11.6. The van der Waals surface area contributed by atoms with E-state index in [0.717, 1.165) is 25.3 Å². The van der Waals surface area contributed by atoms with E-state index in [1.54, 1.807) is 12.4 Å². The van der Waals surface area contributed by atoms with E-state index in [9.17, 15) is 0 Å². The van der Waals surface area contributed by atoms with Crippen molar-refractivity contribution in [3.05, 3.63) is 18.2 Å². The van der Waals surface area contributed by atoms with Gasteiger partial charge in [-0.2, -0.15) is 0 Å². The Bertz CT molecular complexity index is 351. The maximum atomic E-state index is 5.46. The molecule has 0 saturated carbocycles. The SMILES string of the molecule is CCOCCCN=C(NN)NC(CC)c1ncc[nH]1. The molecule has 1 heterocycles. The molecule has 108 valence electrons. The van der Waals surface area contributed by atoms with E-state index in [1.807, 2.05) is 6.92 Å². The van der Waals surface area contributed by atoms with Gasteiger partial charge in [-0.1, -0.05) is 6.92 Å². The molecule has 1 aromatic heterocycles. The Kier molecular flexibility index (Phi) is 7.60. The minimum absolute atomic E-state index is 0.0664. The van der Waals surface area contributed by atoms with Gasteiger partial charge in [0.25, 0.3) is 0 Å². The first-order valence-corrected chi connectivity index (χ1v) is 6.66. The van der Waals surface area contributed by atoms with Crippen LogP contribution < -0.4 is 16.6 Å². The summed E-state index contributed by atoms with van der Waals surface area (Å²) in [6.45, 7) is 6.17. The Balaban J connectivity index is 2.43. The van der Waals surface area contributed by atoms with Crippen LogP contribution in [0.4, 0.5) is 0 Å². The molecule has 0 aliphatic carbocycles. The van der Waals surface area contributed by atoms with E-state index >= 15 is 0 Å². The first kappa shape index (κ1) is 15.5. The van der Waals surface area contributed by atoms with Crippen molar-refractivity contribution in [2.45, 2.75) is 32.7 Å². The molecule has 0 aliphatic heterocycles. The van der Waals surface area contributed by atoms with Gasteiger partial charge in [-0.05, 0) is 19.8 Å². The number of aromatic amines is 1. The third-order valence-electron chi connectivity index (χ3n) is 2.63. The Hall–Kier alpha value is -1.60. The number of hydrogen-bond acceptors (Lipinski definition) is 4. The van der Waals surface area contributed by atoms with E-state index in [-0.39, 0.29) is 6.04 Å². The fourth-order valence-corrected chi connectivity index (χ4v) is 1.63. The number of ether oxygens (including phenoxy) is 1. The number of aliphatic imine (C=N–C) groups is 1. The topological polar surface area (TPSA) is 100 Å². The van der Waals surface area contributed by atoms with Gasteiger partial charge >= 0.3 is 0 Å². The lowest BCUT2D eigenvalue weighted by Crippen LogP contribution is -2.43. The van der Waals surface area contributed by atoms with Crippen LogP contribution in [-0.4, -0.2) is 35.7 Å². The average Bonchev–Trinajstić information content (AvgIpc) is 2.96. The third kappa shape index (κ3) is 5.71. The van der Waals surface area contributed by atoms with Crippen molar-refractivity contribution in [1.82, 2.24) is 20.7 Å².